The Balaban J connectivity index is 2.09. The number of hydrogen-bond acceptors (Lipinski definition) is 4. The van der Waals surface area contributed by atoms with Gasteiger partial charge in [0, 0.05) is 11.8 Å². The van der Waals surface area contributed by atoms with Gasteiger partial charge in [0.1, 0.15) is 0 Å². The van der Waals surface area contributed by atoms with Crippen molar-refractivity contribution < 1.29 is 14.6 Å². The molecule has 1 aliphatic heterocycles. The van der Waals surface area contributed by atoms with Crippen LogP contribution in [0.3, 0.4) is 0 Å². The molecule has 96 valence electrons. The normalized spacial score (nSPS) is 11.8. The van der Waals surface area contributed by atoms with Crippen molar-refractivity contribution >= 4 is 23.0 Å². The highest BCUT2D eigenvalue weighted by atomic mass is 16.5. The minimum atomic E-state index is -0.909. The summed E-state index contributed by atoms with van der Waals surface area (Å²) in [4.78, 5) is 10.9. The number of benzene rings is 2. The van der Waals surface area contributed by atoms with E-state index in [1.807, 2.05) is 24.3 Å². The Labute approximate surface area is 109 Å². The van der Waals surface area contributed by atoms with E-state index in [-0.39, 0.29) is 6.42 Å². The number of carboxylic acid groups (broad SMARTS) is 1. The Morgan fingerprint density at radius 1 is 1.26 bits per heavy atom. The van der Waals surface area contributed by atoms with Crippen molar-refractivity contribution in [3.05, 3.63) is 42.0 Å². The van der Waals surface area contributed by atoms with Crippen LogP contribution in [0.1, 0.15) is 5.56 Å². The summed E-state index contributed by atoms with van der Waals surface area (Å²) in [6.45, 7) is 0. The van der Waals surface area contributed by atoms with Gasteiger partial charge in [-0.25, -0.2) is 0 Å². The van der Waals surface area contributed by atoms with Crippen LogP contribution in [0.15, 0.2) is 36.4 Å². The van der Waals surface area contributed by atoms with Gasteiger partial charge >= 0.3 is 5.97 Å². The molecule has 3 rings (SSSR count). The van der Waals surface area contributed by atoms with Gasteiger partial charge in [0.25, 0.3) is 0 Å². The van der Waals surface area contributed by atoms with E-state index >= 15 is 0 Å². The molecule has 0 atom stereocenters. The maximum Gasteiger partial charge on any atom is 0.307 e. The molecule has 0 radical (unpaired) electrons. The zero-order valence-corrected chi connectivity index (χ0v) is 10.0. The van der Waals surface area contributed by atoms with Crippen molar-refractivity contribution in [3.8, 4) is 11.5 Å². The summed E-state index contributed by atoms with van der Waals surface area (Å²) in [5.74, 6) is 0.338. The van der Waals surface area contributed by atoms with Gasteiger partial charge in [0.05, 0.1) is 17.8 Å². The monoisotopic (exact) mass is 256 g/mol. The molecule has 0 spiro atoms. The number of rotatable bonds is 2. The molecule has 4 N–H and O–H groups in total. The van der Waals surface area contributed by atoms with Crippen molar-refractivity contribution in [2.75, 3.05) is 11.1 Å². The summed E-state index contributed by atoms with van der Waals surface area (Å²) in [7, 11) is 0. The van der Waals surface area contributed by atoms with Crippen LogP contribution in [-0.2, 0) is 11.2 Å². The molecule has 1 aliphatic rings. The highest BCUT2D eigenvalue weighted by Crippen LogP contribution is 2.44. The number of nitrogens with one attached hydrogen (secondary N) is 1. The molecule has 5 heteroatoms. The average molecular weight is 256 g/mol. The third-order valence-corrected chi connectivity index (χ3v) is 2.91. The molecule has 1 heterocycles. The Bertz CT molecular complexity index is 668. The van der Waals surface area contributed by atoms with Crippen LogP contribution in [0.5, 0.6) is 11.5 Å². The molecule has 2 aromatic carbocycles. The minimum Gasteiger partial charge on any atom is -0.481 e. The highest BCUT2D eigenvalue weighted by molar-refractivity contribution is 5.83. The van der Waals surface area contributed by atoms with Crippen LogP contribution >= 0.6 is 0 Å². The number of fused-ring (bicyclic) bond motifs is 2. The average Bonchev–Trinajstić information content (AvgIpc) is 2.36. The first-order chi connectivity index (χ1) is 9.13. The number of anilines is 3. The van der Waals surface area contributed by atoms with E-state index in [9.17, 15) is 4.79 Å². The summed E-state index contributed by atoms with van der Waals surface area (Å²) in [5, 5.41) is 12.1. The van der Waals surface area contributed by atoms with Crippen LogP contribution < -0.4 is 15.8 Å². The lowest BCUT2D eigenvalue weighted by Gasteiger charge is -2.24. The van der Waals surface area contributed by atoms with Gasteiger partial charge in [0.2, 0.25) is 0 Å². The second kappa shape index (κ2) is 4.20. The highest BCUT2D eigenvalue weighted by Gasteiger charge is 2.20. The van der Waals surface area contributed by atoms with Crippen LogP contribution in [0.4, 0.5) is 17.1 Å². The lowest BCUT2D eigenvalue weighted by molar-refractivity contribution is -0.136. The number of aliphatic carboxylic acids is 1. The lowest BCUT2D eigenvalue weighted by atomic mass is 10.1. The Hall–Kier alpha value is -2.69. The minimum absolute atomic E-state index is 0.105. The van der Waals surface area contributed by atoms with Crippen molar-refractivity contribution in [1.82, 2.24) is 0 Å². The van der Waals surface area contributed by atoms with Gasteiger partial charge in [0.15, 0.2) is 11.5 Å². The van der Waals surface area contributed by atoms with Crippen LogP contribution in [0.2, 0.25) is 0 Å². The predicted octanol–water partition coefficient (Wildman–Crippen LogP) is 2.75. The van der Waals surface area contributed by atoms with Crippen molar-refractivity contribution in [1.29, 1.82) is 0 Å². The van der Waals surface area contributed by atoms with E-state index in [0.29, 0.717) is 28.4 Å². The largest absolute Gasteiger partial charge is 0.481 e. The fourth-order valence-electron chi connectivity index (χ4n) is 2.13. The van der Waals surface area contributed by atoms with Gasteiger partial charge in [-0.3, -0.25) is 4.79 Å². The van der Waals surface area contributed by atoms with E-state index < -0.39 is 5.97 Å². The van der Waals surface area contributed by atoms with Gasteiger partial charge in [-0.05, 0) is 23.8 Å². The molecular formula is C14H12N2O3. The Morgan fingerprint density at radius 3 is 2.84 bits per heavy atom. The maximum atomic E-state index is 10.9. The van der Waals surface area contributed by atoms with Gasteiger partial charge in [-0.1, -0.05) is 12.1 Å². The third kappa shape index (κ3) is 2.06. The fourth-order valence-corrected chi connectivity index (χ4v) is 2.13. The summed E-state index contributed by atoms with van der Waals surface area (Å²) in [6, 6.07) is 10.8. The molecule has 19 heavy (non-hydrogen) atoms. The summed E-state index contributed by atoms with van der Waals surface area (Å²) in [5.41, 5.74) is 8.34. The molecule has 0 unspecified atom stereocenters. The molecule has 0 amide bonds. The zero-order valence-electron chi connectivity index (χ0n) is 10.0. The van der Waals surface area contributed by atoms with Gasteiger partial charge < -0.3 is 20.9 Å². The molecule has 0 saturated carbocycles. The Morgan fingerprint density at radius 2 is 2.05 bits per heavy atom. The first kappa shape index (κ1) is 11.4. The lowest BCUT2D eigenvalue weighted by Crippen LogP contribution is -2.09. The van der Waals surface area contributed by atoms with Crippen LogP contribution in [0, 0.1) is 0 Å². The second-order valence-corrected chi connectivity index (χ2v) is 4.35. The summed E-state index contributed by atoms with van der Waals surface area (Å²) < 4.78 is 5.75. The van der Waals surface area contributed by atoms with Crippen molar-refractivity contribution in [2.24, 2.45) is 0 Å². The fraction of sp³-hybridized carbons (Fsp3) is 0.0714. The SMILES string of the molecule is Nc1cc(CC(=O)O)c2c(c1)Oc1ccccc1N2. The third-order valence-electron chi connectivity index (χ3n) is 2.91. The summed E-state index contributed by atoms with van der Waals surface area (Å²) >= 11 is 0. The van der Waals surface area contributed by atoms with E-state index in [1.54, 1.807) is 12.1 Å². The van der Waals surface area contributed by atoms with Gasteiger partial charge in [-0.15, -0.1) is 0 Å². The number of carboxylic acids is 1. The first-order valence-electron chi connectivity index (χ1n) is 5.81. The number of hydrogen-bond donors (Lipinski definition) is 3. The molecule has 2 aromatic rings. The molecule has 0 aliphatic carbocycles. The number of nitrogen functional groups attached to an aromatic ring is 1. The van der Waals surface area contributed by atoms with E-state index in [2.05, 4.69) is 5.32 Å². The second-order valence-electron chi connectivity index (χ2n) is 4.35. The van der Waals surface area contributed by atoms with Crippen molar-refractivity contribution in [3.63, 3.8) is 0 Å². The van der Waals surface area contributed by atoms with Gasteiger partial charge in [-0.2, -0.15) is 0 Å². The standard InChI is InChI=1S/C14H12N2O3/c15-9-5-8(6-13(17)18)14-12(7-9)19-11-4-2-1-3-10(11)16-14/h1-5,7,16H,6,15H2,(H,17,18). The number of ether oxygens (including phenoxy) is 1. The number of carbonyl (C=O) groups is 1. The molecule has 0 bridgehead atoms. The molecular weight excluding hydrogens is 244 g/mol. The quantitative estimate of drug-likeness (QED) is 0.614. The molecule has 0 fully saturated rings. The molecule has 0 aromatic heterocycles. The molecule has 0 saturated heterocycles. The number of para-hydroxylation sites is 2. The van der Waals surface area contributed by atoms with E-state index in [1.165, 1.54) is 0 Å². The van der Waals surface area contributed by atoms with E-state index in [0.717, 1.165) is 5.69 Å². The van der Waals surface area contributed by atoms with Crippen LogP contribution in [0.25, 0.3) is 0 Å². The van der Waals surface area contributed by atoms with E-state index in [4.69, 9.17) is 15.6 Å². The summed E-state index contributed by atoms with van der Waals surface area (Å²) in [6.07, 6.45) is -0.105. The predicted molar refractivity (Wildman–Crippen MR) is 72.0 cm³/mol. The topological polar surface area (TPSA) is 84.6 Å². The van der Waals surface area contributed by atoms with Crippen LogP contribution in [-0.4, -0.2) is 11.1 Å². The first-order valence-corrected chi connectivity index (χ1v) is 5.81. The smallest absolute Gasteiger partial charge is 0.307 e. The Kier molecular flexibility index (Phi) is 2.52. The maximum absolute atomic E-state index is 10.9. The molecule has 5 nitrogen and oxygen atoms in total. The van der Waals surface area contributed by atoms with Crippen molar-refractivity contribution in [2.45, 2.75) is 6.42 Å². The number of nitrogens with two attached hydrogens (primary N) is 1. The zero-order chi connectivity index (χ0) is 13.4.